The van der Waals surface area contributed by atoms with Crippen LogP contribution in [0.3, 0.4) is 0 Å². The number of nitrogens with one attached hydrogen (secondary N) is 2. The normalized spacial score (nSPS) is 15.5. The van der Waals surface area contributed by atoms with Crippen molar-refractivity contribution in [3.8, 4) is 0 Å². The van der Waals surface area contributed by atoms with E-state index in [1.54, 1.807) is 19.2 Å². The van der Waals surface area contributed by atoms with Crippen LogP contribution >= 0.6 is 10.9 Å². The highest BCUT2D eigenvalue weighted by Crippen LogP contribution is 2.48. The van der Waals surface area contributed by atoms with Gasteiger partial charge >= 0.3 is 0 Å². The van der Waals surface area contributed by atoms with Gasteiger partial charge in [-0.1, -0.05) is 65.2 Å². The number of amides is 1. The molecule has 0 aromatic heterocycles. The van der Waals surface area contributed by atoms with Gasteiger partial charge in [-0.15, -0.1) is 0 Å². The standard InChI is InChI=1S/C14H25NO3S.C8H17N3O.C3H8/c1-5-10-14(3,4)11-15-18-19(16,17)13-8-6-12(2)7-9-13;1-9-8(12)7-11-5-3-10(2)4-6-11;1-3-2/h6-9,15-17H,5,10-11H2,1-4H3;3-7H2,1-2H3,(H,9,12);3H2,1-2H3. The summed E-state index contributed by atoms with van der Waals surface area (Å²) in [5.41, 5.74) is 3.83. The van der Waals surface area contributed by atoms with Crippen molar-refractivity contribution < 1.29 is 18.2 Å². The van der Waals surface area contributed by atoms with Gasteiger partial charge in [0.2, 0.25) is 5.91 Å². The van der Waals surface area contributed by atoms with E-state index in [0.717, 1.165) is 44.6 Å². The number of piperazine rings is 1. The van der Waals surface area contributed by atoms with Crippen LogP contribution in [0, 0.1) is 12.3 Å². The van der Waals surface area contributed by atoms with Crippen molar-refractivity contribution in [1.29, 1.82) is 0 Å². The zero-order valence-electron chi connectivity index (χ0n) is 22.7. The van der Waals surface area contributed by atoms with Crippen LogP contribution in [-0.4, -0.2) is 78.2 Å². The Balaban J connectivity index is 0.000000619. The topological polar surface area (TPSA) is 97.3 Å². The van der Waals surface area contributed by atoms with E-state index in [1.165, 1.54) is 6.42 Å². The Morgan fingerprint density at radius 1 is 1.09 bits per heavy atom. The van der Waals surface area contributed by atoms with Crippen molar-refractivity contribution in [2.45, 2.75) is 65.7 Å². The van der Waals surface area contributed by atoms with Crippen molar-refractivity contribution in [2.24, 2.45) is 5.41 Å². The Morgan fingerprint density at radius 3 is 2.09 bits per heavy atom. The molecule has 0 atom stereocenters. The lowest BCUT2D eigenvalue weighted by Crippen LogP contribution is -2.47. The SMILES string of the molecule is CCC.CCCC(C)(C)CNOS(O)(O)c1ccc(C)cc1.CNC(=O)CN1CCN(C)CC1. The second-order valence-electron chi connectivity index (χ2n) is 9.59. The quantitative estimate of drug-likeness (QED) is 0.361. The fourth-order valence-electron chi connectivity index (χ4n) is 3.12. The Morgan fingerprint density at radius 2 is 1.62 bits per heavy atom. The molecule has 34 heavy (non-hydrogen) atoms. The molecule has 1 heterocycles. The van der Waals surface area contributed by atoms with E-state index in [9.17, 15) is 13.9 Å². The molecule has 0 spiro atoms. The summed E-state index contributed by atoms with van der Waals surface area (Å²) >= 11 is 0. The van der Waals surface area contributed by atoms with Gasteiger partial charge in [-0.2, -0.15) is 9.76 Å². The van der Waals surface area contributed by atoms with Gasteiger partial charge in [-0.3, -0.25) is 9.69 Å². The zero-order chi connectivity index (χ0) is 26.2. The molecule has 1 fully saturated rings. The lowest BCUT2D eigenvalue weighted by atomic mass is 9.88. The minimum absolute atomic E-state index is 0.0670. The molecule has 0 radical (unpaired) electrons. The Labute approximate surface area is 209 Å². The summed E-state index contributed by atoms with van der Waals surface area (Å²) in [6, 6.07) is 6.99. The molecule has 0 bridgehead atoms. The summed E-state index contributed by atoms with van der Waals surface area (Å²) in [6.45, 7) is 17.8. The summed E-state index contributed by atoms with van der Waals surface area (Å²) in [6.07, 6.45) is 3.38. The lowest BCUT2D eigenvalue weighted by Gasteiger charge is -2.31. The third-order valence-electron chi connectivity index (χ3n) is 5.22. The minimum Gasteiger partial charge on any atom is -0.358 e. The number of likely N-dealkylation sites (N-methyl/N-ethyl adjacent to an activating group) is 2. The number of hydrogen-bond acceptors (Lipinski definition) is 7. The van der Waals surface area contributed by atoms with E-state index in [0.29, 0.717) is 18.0 Å². The number of rotatable bonds is 9. The molecule has 4 N–H and O–H groups in total. The zero-order valence-corrected chi connectivity index (χ0v) is 23.5. The fraction of sp³-hybridized carbons (Fsp3) is 0.720. The molecule has 0 aliphatic carbocycles. The molecule has 1 saturated heterocycles. The number of benzene rings is 1. The third-order valence-corrected chi connectivity index (χ3v) is 6.46. The van der Waals surface area contributed by atoms with Crippen LogP contribution < -0.4 is 10.8 Å². The molecule has 8 nitrogen and oxygen atoms in total. The highest BCUT2D eigenvalue weighted by atomic mass is 32.3. The van der Waals surface area contributed by atoms with E-state index in [-0.39, 0.29) is 11.3 Å². The third kappa shape index (κ3) is 14.9. The number of carbonyl (C=O) groups is 1. The van der Waals surface area contributed by atoms with Crippen molar-refractivity contribution in [3.05, 3.63) is 29.8 Å². The first kappa shape index (κ1) is 32.8. The average Bonchev–Trinajstić information content (AvgIpc) is 2.76. The summed E-state index contributed by atoms with van der Waals surface area (Å²) in [4.78, 5) is 15.8. The van der Waals surface area contributed by atoms with Crippen LogP contribution in [0.5, 0.6) is 0 Å². The predicted octanol–water partition coefficient (Wildman–Crippen LogP) is 4.76. The summed E-state index contributed by atoms with van der Waals surface area (Å²) in [5, 5.41) is 2.63. The van der Waals surface area contributed by atoms with Gasteiger partial charge < -0.3 is 19.3 Å². The van der Waals surface area contributed by atoms with Crippen LogP contribution in [0.2, 0.25) is 0 Å². The van der Waals surface area contributed by atoms with E-state index in [2.05, 4.69) is 62.3 Å². The number of aryl methyl sites for hydroxylation is 1. The first-order valence-electron chi connectivity index (χ1n) is 12.3. The molecule has 1 amide bonds. The smallest absolute Gasteiger partial charge is 0.233 e. The van der Waals surface area contributed by atoms with Crippen LogP contribution in [0.1, 0.15) is 59.4 Å². The van der Waals surface area contributed by atoms with Crippen molar-refractivity contribution in [1.82, 2.24) is 20.6 Å². The first-order valence-corrected chi connectivity index (χ1v) is 13.8. The molecule has 1 aromatic carbocycles. The number of hydroxylamine groups is 1. The molecule has 1 aliphatic rings. The summed E-state index contributed by atoms with van der Waals surface area (Å²) in [5.74, 6) is 0.111. The van der Waals surface area contributed by atoms with Crippen molar-refractivity contribution in [2.75, 3.05) is 53.4 Å². The summed E-state index contributed by atoms with van der Waals surface area (Å²) < 4.78 is 25.0. The summed E-state index contributed by atoms with van der Waals surface area (Å²) in [7, 11) is 0.562. The largest absolute Gasteiger partial charge is 0.358 e. The van der Waals surface area contributed by atoms with E-state index >= 15 is 0 Å². The van der Waals surface area contributed by atoms with Crippen LogP contribution in [-0.2, 0) is 9.08 Å². The highest BCUT2D eigenvalue weighted by molar-refractivity contribution is 8.20. The van der Waals surface area contributed by atoms with Gasteiger partial charge in [0.25, 0.3) is 0 Å². The molecule has 9 heteroatoms. The van der Waals surface area contributed by atoms with Gasteiger partial charge in [0, 0.05) is 39.8 Å². The van der Waals surface area contributed by atoms with Crippen LogP contribution in [0.15, 0.2) is 29.2 Å². The van der Waals surface area contributed by atoms with Gasteiger partial charge in [-0.05, 0) is 37.9 Å². The van der Waals surface area contributed by atoms with Crippen LogP contribution in [0.25, 0.3) is 0 Å². The monoisotopic (exact) mass is 502 g/mol. The average molecular weight is 503 g/mol. The molecule has 200 valence electrons. The molecular formula is C25H50N4O4S. The Kier molecular flexibility index (Phi) is 16.7. The fourth-order valence-corrected chi connectivity index (χ4v) is 3.93. The number of hydrogen-bond donors (Lipinski definition) is 4. The maximum Gasteiger partial charge on any atom is 0.233 e. The molecular weight excluding hydrogens is 452 g/mol. The second kappa shape index (κ2) is 17.3. The molecule has 0 unspecified atom stereocenters. The van der Waals surface area contributed by atoms with E-state index in [4.69, 9.17) is 4.28 Å². The van der Waals surface area contributed by atoms with E-state index < -0.39 is 10.9 Å². The lowest BCUT2D eigenvalue weighted by molar-refractivity contribution is -0.122. The van der Waals surface area contributed by atoms with Crippen molar-refractivity contribution in [3.63, 3.8) is 0 Å². The van der Waals surface area contributed by atoms with Gasteiger partial charge in [0.15, 0.2) is 0 Å². The molecule has 0 saturated carbocycles. The molecule has 1 aliphatic heterocycles. The Hall–Kier alpha value is -1.20. The number of nitrogens with zero attached hydrogens (tertiary/aromatic N) is 2. The maximum absolute atomic E-state index is 11.0. The minimum atomic E-state index is -3.23. The van der Waals surface area contributed by atoms with Gasteiger partial charge in [-0.25, -0.2) is 0 Å². The maximum atomic E-state index is 11.0. The highest BCUT2D eigenvalue weighted by Gasteiger charge is 2.23. The molecule has 1 aromatic rings. The second-order valence-corrected chi connectivity index (χ2v) is 11.2. The van der Waals surface area contributed by atoms with Gasteiger partial charge in [0.1, 0.15) is 10.9 Å². The predicted molar refractivity (Wildman–Crippen MR) is 144 cm³/mol. The first-order chi connectivity index (χ1) is 15.9. The van der Waals surface area contributed by atoms with Gasteiger partial charge in [0.05, 0.1) is 11.4 Å². The van der Waals surface area contributed by atoms with Crippen LogP contribution in [0.4, 0.5) is 0 Å². The molecule has 2 rings (SSSR count). The number of carbonyl (C=O) groups excluding carboxylic acids is 1. The van der Waals surface area contributed by atoms with Crippen molar-refractivity contribution >= 4 is 16.8 Å². The Bertz CT molecular complexity index is 663. The van der Waals surface area contributed by atoms with E-state index in [1.807, 2.05) is 19.1 Å².